The number of ether oxygens (including phenoxy) is 6. The van der Waals surface area contributed by atoms with E-state index in [-0.39, 0.29) is 22.7 Å². The maximum Gasteiger partial charge on any atom is 0.335 e. The molecule has 24 atom stereocenters. The van der Waals surface area contributed by atoms with E-state index in [0.717, 1.165) is 18.4 Å². The summed E-state index contributed by atoms with van der Waals surface area (Å²) in [4.78, 5) is 27.0. The van der Waals surface area contributed by atoms with E-state index in [2.05, 4.69) is 40.7 Å². The second kappa shape index (κ2) is 18.2. The number of hydrogen-bond donors (Lipinski definition) is 12. The Kier molecular flexibility index (Phi) is 14.0. The quantitative estimate of drug-likeness (QED) is 0.0765. The van der Waals surface area contributed by atoms with Crippen LogP contribution in [-0.4, -0.2) is 191 Å². The predicted molar refractivity (Wildman–Crippen MR) is 232 cm³/mol. The fourth-order valence-electron chi connectivity index (χ4n) is 15.0. The topological polar surface area (TPSA) is 332 Å². The van der Waals surface area contributed by atoms with Crippen molar-refractivity contribution in [3.63, 3.8) is 0 Å². The number of aliphatic carboxylic acids is 1. The maximum atomic E-state index is 14.7. The van der Waals surface area contributed by atoms with E-state index in [4.69, 9.17) is 28.4 Å². The van der Waals surface area contributed by atoms with Crippen molar-refractivity contribution >= 4 is 11.9 Å². The van der Waals surface area contributed by atoms with E-state index >= 15 is 0 Å². The molecule has 8 aliphatic rings. The van der Waals surface area contributed by atoms with Crippen molar-refractivity contribution in [2.24, 2.45) is 50.2 Å². The molecule has 0 aromatic heterocycles. The van der Waals surface area contributed by atoms with Gasteiger partial charge in [-0.3, -0.25) is 4.79 Å². The number of hydrogen-bond acceptors (Lipinski definition) is 19. The minimum absolute atomic E-state index is 0.0277. The second-order valence-electron chi connectivity index (χ2n) is 23.5. The number of carbonyl (C=O) groups is 2. The molecule has 388 valence electrons. The summed E-state index contributed by atoms with van der Waals surface area (Å²) in [6, 6.07) is 0. The average Bonchev–Trinajstić information content (AvgIpc) is 3.28. The average molecular weight is 973 g/mol. The Labute approximate surface area is 396 Å². The first-order valence-electron chi connectivity index (χ1n) is 24.4. The molecule has 0 spiro atoms. The predicted octanol–water partition coefficient (Wildman–Crippen LogP) is -0.796. The Morgan fingerprint density at radius 1 is 0.632 bits per heavy atom. The van der Waals surface area contributed by atoms with Gasteiger partial charge in [-0.25, -0.2) is 4.79 Å². The molecule has 4 saturated carbocycles. The Hall–Kier alpha value is -1.96. The number of aliphatic hydroxyl groups excluding tert-OH is 11. The molecule has 0 aromatic rings. The Morgan fingerprint density at radius 3 is 1.82 bits per heavy atom. The number of carboxylic acid groups (broad SMARTS) is 1. The highest BCUT2D eigenvalue weighted by molar-refractivity contribution is 5.79. The molecule has 0 radical (unpaired) electrons. The third-order valence-corrected chi connectivity index (χ3v) is 19.5. The first-order valence-corrected chi connectivity index (χ1v) is 24.4. The molecule has 68 heavy (non-hydrogen) atoms. The molecule has 20 nitrogen and oxygen atoms in total. The zero-order valence-electron chi connectivity index (χ0n) is 40.0. The van der Waals surface area contributed by atoms with Crippen LogP contribution in [0.15, 0.2) is 11.6 Å². The summed E-state index contributed by atoms with van der Waals surface area (Å²) in [5, 5.41) is 128. The number of carbonyl (C=O) groups excluding carboxylic acids is 1. The van der Waals surface area contributed by atoms with Gasteiger partial charge in [0.1, 0.15) is 67.1 Å². The SMILES string of the molecule is CC1(C)CC[C@]2(C(=O)O[C@@H]3O[C@H](CO)[C@@H](O)[C@H](O)[C@H]3O)CC[C@]3(C)C(=CC[C@@H]4[C@@]5(C)CC[C@H](O[C@@H]6O[C@H](C(=O)O)[C@@H](O)[C@H](O)[C@H]6O[C@@H]6O[C@H](CO)[C@H](O)[C@H](O)[C@H]6O)C(C)(C)[C@@H]5CC[C@]43C)[C@@H]2[C@@H]1O. The van der Waals surface area contributed by atoms with E-state index in [1.807, 2.05) is 13.8 Å². The van der Waals surface area contributed by atoms with Crippen molar-refractivity contribution in [1.82, 2.24) is 0 Å². The molecular weight excluding hydrogens is 897 g/mol. The van der Waals surface area contributed by atoms with E-state index in [1.165, 1.54) is 0 Å². The highest BCUT2D eigenvalue weighted by Gasteiger charge is 2.71. The Balaban J connectivity index is 1.06. The van der Waals surface area contributed by atoms with Crippen molar-refractivity contribution in [1.29, 1.82) is 0 Å². The smallest absolute Gasteiger partial charge is 0.335 e. The highest BCUT2D eigenvalue weighted by Crippen LogP contribution is 2.76. The number of aliphatic hydroxyl groups is 11. The fourth-order valence-corrected chi connectivity index (χ4v) is 15.0. The molecule has 3 aliphatic heterocycles. The first kappa shape index (κ1) is 52.4. The molecular formula is C48H76O20. The molecule has 5 aliphatic carbocycles. The monoisotopic (exact) mass is 972 g/mol. The van der Waals surface area contributed by atoms with Crippen molar-refractivity contribution < 1.29 is 99.3 Å². The van der Waals surface area contributed by atoms with Crippen LogP contribution in [0.5, 0.6) is 0 Å². The molecule has 0 amide bonds. The van der Waals surface area contributed by atoms with Crippen LogP contribution >= 0.6 is 0 Å². The van der Waals surface area contributed by atoms with Crippen LogP contribution in [0.4, 0.5) is 0 Å². The first-order chi connectivity index (χ1) is 31.7. The van der Waals surface area contributed by atoms with Gasteiger partial charge in [0.25, 0.3) is 0 Å². The summed E-state index contributed by atoms with van der Waals surface area (Å²) in [7, 11) is 0. The van der Waals surface area contributed by atoms with Gasteiger partial charge in [0.15, 0.2) is 18.7 Å². The van der Waals surface area contributed by atoms with E-state index < -0.39 is 157 Å². The van der Waals surface area contributed by atoms with E-state index in [9.17, 15) is 70.9 Å². The largest absolute Gasteiger partial charge is 0.479 e. The van der Waals surface area contributed by atoms with Gasteiger partial charge in [0, 0.05) is 5.92 Å². The van der Waals surface area contributed by atoms with Crippen molar-refractivity contribution in [3.8, 4) is 0 Å². The Morgan fingerprint density at radius 2 is 1.22 bits per heavy atom. The molecule has 0 bridgehead atoms. The Bertz CT molecular complexity index is 1910. The molecule has 20 heteroatoms. The second-order valence-corrected chi connectivity index (χ2v) is 23.5. The molecule has 8 rings (SSSR count). The minimum Gasteiger partial charge on any atom is -0.479 e. The van der Waals surface area contributed by atoms with Crippen LogP contribution in [0.25, 0.3) is 0 Å². The van der Waals surface area contributed by atoms with Crippen LogP contribution in [0.2, 0.25) is 0 Å². The lowest BCUT2D eigenvalue weighted by Crippen LogP contribution is -2.68. The van der Waals surface area contributed by atoms with Crippen molar-refractivity contribution in [2.45, 2.75) is 211 Å². The highest BCUT2D eigenvalue weighted by atomic mass is 16.8. The third kappa shape index (κ3) is 7.85. The van der Waals surface area contributed by atoms with Gasteiger partial charge < -0.3 is 89.7 Å². The van der Waals surface area contributed by atoms with Gasteiger partial charge >= 0.3 is 11.9 Å². The van der Waals surface area contributed by atoms with E-state index in [0.29, 0.717) is 44.9 Å². The number of esters is 1. The number of fused-ring (bicyclic) bond motifs is 7. The van der Waals surface area contributed by atoms with Gasteiger partial charge in [-0.05, 0) is 96.7 Å². The molecule has 0 aromatic carbocycles. The summed E-state index contributed by atoms with van der Waals surface area (Å²) in [5.41, 5.74) is -2.49. The van der Waals surface area contributed by atoms with Gasteiger partial charge in [0.2, 0.25) is 6.29 Å². The summed E-state index contributed by atoms with van der Waals surface area (Å²) >= 11 is 0. The molecule has 3 heterocycles. The van der Waals surface area contributed by atoms with Crippen LogP contribution < -0.4 is 0 Å². The molecule has 12 N–H and O–H groups in total. The lowest BCUT2D eigenvalue weighted by atomic mass is 9.33. The summed E-state index contributed by atoms with van der Waals surface area (Å²) in [6.07, 6.45) is -19.9. The van der Waals surface area contributed by atoms with Crippen molar-refractivity contribution in [2.75, 3.05) is 13.2 Å². The van der Waals surface area contributed by atoms with Crippen LogP contribution in [0, 0.1) is 50.2 Å². The normalized spacial score (nSPS) is 53.1. The third-order valence-electron chi connectivity index (χ3n) is 19.5. The van der Waals surface area contributed by atoms with Gasteiger partial charge in [-0.2, -0.15) is 0 Å². The number of carboxylic acids is 1. The van der Waals surface area contributed by atoms with Crippen LogP contribution in [-0.2, 0) is 38.0 Å². The van der Waals surface area contributed by atoms with Gasteiger partial charge in [0.05, 0.1) is 30.8 Å². The summed E-state index contributed by atoms with van der Waals surface area (Å²) in [6.45, 7) is 13.6. The van der Waals surface area contributed by atoms with Gasteiger partial charge in [-0.15, -0.1) is 0 Å². The fraction of sp³-hybridized carbons (Fsp3) is 0.917. The van der Waals surface area contributed by atoms with Crippen molar-refractivity contribution in [3.05, 3.63) is 11.6 Å². The number of rotatable bonds is 9. The summed E-state index contributed by atoms with van der Waals surface area (Å²) in [5.74, 6) is -2.74. The lowest BCUT2D eigenvalue weighted by molar-refractivity contribution is -0.374. The summed E-state index contributed by atoms with van der Waals surface area (Å²) < 4.78 is 35.5. The molecule has 0 unspecified atom stereocenters. The lowest BCUT2D eigenvalue weighted by Gasteiger charge is -2.71. The standard InChI is InChI=1S/C48H76O20/c1-43(2)14-16-48(42(62)68-40-34(58)30(54)28(52)22(19-50)64-40)17-15-46(6)20(26(48)37(43)59)8-9-24-45(5)12-11-25(44(3,4)23(45)10-13-47(24,46)7)65-41-36(32(56)31(55)35(66-41)38(60)61)67-39-33(57)29(53)27(51)21(18-49)63-39/h8,21-37,39-41,49-59H,9-19H2,1-7H3,(H,60,61)/t21-,22-,23+,24-,25+,26-,27+,28-,29+,30+,31+,32+,33-,34-,35+,36-,37+,39+,40+,41-,45+,46-,47-,48+/m1/s1. The van der Waals surface area contributed by atoms with E-state index in [1.54, 1.807) is 0 Å². The zero-order chi connectivity index (χ0) is 50.0. The molecule has 7 fully saturated rings. The zero-order valence-corrected chi connectivity index (χ0v) is 40.0. The number of allylic oxidation sites excluding steroid dienone is 1. The van der Waals surface area contributed by atoms with Gasteiger partial charge in [-0.1, -0.05) is 60.1 Å². The maximum absolute atomic E-state index is 14.7. The minimum atomic E-state index is -2.00. The van der Waals surface area contributed by atoms with Crippen LogP contribution in [0.3, 0.4) is 0 Å². The van der Waals surface area contributed by atoms with Crippen LogP contribution in [0.1, 0.15) is 106 Å². The molecule has 3 saturated heterocycles.